The van der Waals surface area contributed by atoms with Crippen LogP contribution in [0.2, 0.25) is 0 Å². The van der Waals surface area contributed by atoms with E-state index in [4.69, 9.17) is 0 Å². The third-order valence-electron chi connectivity index (χ3n) is 4.51. The Balaban J connectivity index is 1.63. The minimum Gasteiger partial charge on any atom is -0.367 e. The molecule has 3 heterocycles. The summed E-state index contributed by atoms with van der Waals surface area (Å²) in [5.41, 5.74) is 3.08. The molecule has 1 aromatic carbocycles. The number of aromatic nitrogens is 3. The summed E-state index contributed by atoms with van der Waals surface area (Å²) in [7, 11) is -0.992. The number of H-pyrrole nitrogens is 1. The lowest BCUT2D eigenvalue weighted by Crippen LogP contribution is -2.35. The Hall–Kier alpha value is -2.80. The molecule has 0 saturated heterocycles. The summed E-state index contributed by atoms with van der Waals surface area (Å²) in [6.07, 6.45) is 4.04. The van der Waals surface area contributed by atoms with E-state index in [-0.39, 0.29) is 5.56 Å². The number of anilines is 1. The zero-order valence-electron chi connectivity index (χ0n) is 14.3. The minimum absolute atomic E-state index is 0.119. The van der Waals surface area contributed by atoms with Crippen molar-refractivity contribution in [2.75, 3.05) is 17.7 Å². The fourth-order valence-corrected chi connectivity index (χ4v) is 3.64. The van der Waals surface area contributed by atoms with Crippen LogP contribution in [0.4, 0.5) is 5.69 Å². The van der Waals surface area contributed by atoms with Gasteiger partial charge in [-0.3, -0.25) is 14.0 Å². The van der Waals surface area contributed by atoms with Crippen LogP contribution in [0.15, 0.2) is 58.4 Å². The second-order valence-electron chi connectivity index (χ2n) is 6.17. The van der Waals surface area contributed by atoms with Gasteiger partial charge in [-0.05, 0) is 36.4 Å². The lowest BCUT2D eigenvalue weighted by molar-refractivity contribution is 0.686. The van der Waals surface area contributed by atoms with E-state index in [9.17, 15) is 9.00 Å². The van der Waals surface area contributed by atoms with Crippen molar-refractivity contribution in [3.8, 4) is 11.5 Å². The topological polar surface area (TPSA) is 79.0 Å². The Kier molecular flexibility index (Phi) is 4.38. The summed E-state index contributed by atoms with van der Waals surface area (Å²) >= 11 is 0. The summed E-state index contributed by atoms with van der Waals surface area (Å²) < 4.78 is 11.5. The molecule has 26 heavy (non-hydrogen) atoms. The maximum atomic E-state index is 12.6. The molecule has 1 N–H and O–H groups in total. The minimum atomic E-state index is -0.992. The average Bonchev–Trinajstić information content (AvgIpc) is 2.68. The van der Waals surface area contributed by atoms with Crippen molar-refractivity contribution < 1.29 is 4.21 Å². The molecule has 0 amide bonds. The van der Waals surface area contributed by atoms with Crippen molar-refractivity contribution in [3.05, 3.63) is 70.3 Å². The third kappa shape index (κ3) is 3.17. The van der Waals surface area contributed by atoms with Gasteiger partial charge < -0.3 is 9.88 Å². The molecule has 3 aromatic rings. The van der Waals surface area contributed by atoms with Gasteiger partial charge in [0.2, 0.25) is 0 Å². The van der Waals surface area contributed by atoms with Crippen molar-refractivity contribution in [1.29, 1.82) is 0 Å². The van der Waals surface area contributed by atoms with Crippen LogP contribution >= 0.6 is 0 Å². The van der Waals surface area contributed by atoms with Gasteiger partial charge in [-0.25, -0.2) is 4.98 Å². The molecular formula is C19H18N4O2S. The first-order valence-electron chi connectivity index (χ1n) is 8.34. The van der Waals surface area contributed by atoms with Gasteiger partial charge in [-0.2, -0.15) is 0 Å². The van der Waals surface area contributed by atoms with Gasteiger partial charge in [0.05, 0.1) is 17.8 Å². The first kappa shape index (κ1) is 16.7. The number of aromatic amines is 1. The molecule has 4 rings (SSSR count). The predicted octanol–water partition coefficient (Wildman–Crippen LogP) is 2.13. The van der Waals surface area contributed by atoms with E-state index < -0.39 is 10.8 Å². The van der Waals surface area contributed by atoms with Gasteiger partial charge in [0.1, 0.15) is 5.69 Å². The van der Waals surface area contributed by atoms with Crippen LogP contribution < -0.4 is 10.5 Å². The highest BCUT2D eigenvalue weighted by atomic mass is 32.2. The van der Waals surface area contributed by atoms with Crippen LogP contribution in [-0.2, 0) is 23.8 Å². The molecule has 1 aliphatic heterocycles. The molecule has 132 valence electrons. The molecule has 6 nitrogen and oxygen atoms in total. The number of fused-ring (bicyclic) bond motifs is 1. The van der Waals surface area contributed by atoms with Crippen LogP contribution in [0.5, 0.6) is 0 Å². The largest absolute Gasteiger partial charge is 0.367 e. The highest BCUT2D eigenvalue weighted by molar-refractivity contribution is 7.84. The molecule has 1 atom stereocenters. The maximum Gasteiger partial charge on any atom is 0.256 e. The van der Waals surface area contributed by atoms with Gasteiger partial charge in [-0.1, -0.05) is 6.07 Å². The highest BCUT2D eigenvalue weighted by Crippen LogP contribution is 2.23. The van der Waals surface area contributed by atoms with E-state index in [1.54, 1.807) is 12.5 Å². The normalized spacial score (nSPS) is 14.7. The molecular weight excluding hydrogens is 348 g/mol. The van der Waals surface area contributed by atoms with Gasteiger partial charge in [0.25, 0.3) is 5.56 Å². The van der Waals surface area contributed by atoms with Crippen molar-refractivity contribution in [2.45, 2.75) is 17.9 Å². The van der Waals surface area contributed by atoms with Gasteiger partial charge in [0.15, 0.2) is 5.82 Å². The summed E-state index contributed by atoms with van der Waals surface area (Å²) in [5, 5.41) is 0. The van der Waals surface area contributed by atoms with Crippen molar-refractivity contribution in [2.24, 2.45) is 0 Å². The average molecular weight is 366 g/mol. The molecule has 1 aliphatic rings. The summed E-state index contributed by atoms with van der Waals surface area (Å²) in [6, 6.07) is 13.2. The molecule has 0 bridgehead atoms. The van der Waals surface area contributed by atoms with E-state index in [1.807, 2.05) is 42.5 Å². The van der Waals surface area contributed by atoms with Crippen LogP contribution in [-0.4, -0.2) is 32.0 Å². The van der Waals surface area contributed by atoms with E-state index in [0.717, 1.165) is 22.8 Å². The molecule has 1 unspecified atom stereocenters. The number of rotatable bonds is 3. The molecule has 0 fully saturated rings. The Labute approximate surface area is 153 Å². The smallest absolute Gasteiger partial charge is 0.256 e. The van der Waals surface area contributed by atoms with E-state index in [1.165, 1.54) is 0 Å². The second-order valence-corrected chi connectivity index (χ2v) is 7.55. The van der Waals surface area contributed by atoms with Crippen molar-refractivity contribution in [1.82, 2.24) is 15.0 Å². The van der Waals surface area contributed by atoms with Crippen LogP contribution in [0.25, 0.3) is 11.5 Å². The second kappa shape index (κ2) is 6.84. The van der Waals surface area contributed by atoms with E-state index >= 15 is 0 Å². The number of nitrogens with zero attached hydrogens (tertiary/aromatic N) is 3. The number of nitrogens with one attached hydrogen (secondary N) is 1. The van der Waals surface area contributed by atoms with E-state index in [2.05, 4.69) is 19.9 Å². The molecule has 0 radical (unpaired) electrons. The van der Waals surface area contributed by atoms with Gasteiger partial charge in [-0.15, -0.1) is 0 Å². The Morgan fingerprint density at radius 2 is 1.96 bits per heavy atom. The third-order valence-corrected chi connectivity index (χ3v) is 5.45. The zero-order valence-corrected chi connectivity index (χ0v) is 15.1. The SMILES string of the molecule is CS(=O)c1ccc(N2CCc3nc(-c4ccccn4)[nH]c(=O)c3C2)cc1. The number of hydrogen-bond acceptors (Lipinski definition) is 5. The van der Waals surface area contributed by atoms with Crippen LogP contribution in [0.1, 0.15) is 11.3 Å². The van der Waals surface area contributed by atoms with Gasteiger partial charge >= 0.3 is 0 Å². The Bertz CT molecular complexity index is 1020. The fraction of sp³-hybridized carbons (Fsp3) is 0.211. The number of hydrogen-bond donors (Lipinski definition) is 1. The number of pyridine rings is 1. The van der Waals surface area contributed by atoms with Crippen molar-refractivity contribution >= 4 is 16.5 Å². The summed E-state index contributed by atoms with van der Waals surface area (Å²) in [4.78, 5) is 27.3. The zero-order chi connectivity index (χ0) is 18.1. The van der Waals surface area contributed by atoms with Gasteiger partial charge in [0, 0.05) is 46.8 Å². The summed E-state index contributed by atoms with van der Waals surface area (Å²) in [5.74, 6) is 0.512. The monoisotopic (exact) mass is 366 g/mol. The first-order valence-corrected chi connectivity index (χ1v) is 9.89. The maximum absolute atomic E-state index is 12.6. The standard InChI is InChI=1S/C19H18N4O2S/c1-26(25)14-7-5-13(6-8-14)23-11-9-16-15(12-23)19(24)22-18(21-16)17-4-2-3-10-20-17/h2-8,10H,9,11-12H2,1H3,(H,21,22,24). The molecule has 0 spiro atoms. The Morgan fingerprint density at radius 1 is 1.15 bits per heavy atom. The summed E-state index contributed by atoms with van der Waals surface area (Å²) in [6.45, 7) is 1.29. The van der Waals surface area contributed by atoms with Crippen LogP contribution in [0.3, 0.4) is 0 Å². The molecule has 0 aliphatic carbocycles. The molecule has 2 aromatic heterocycles. The Morgan fingerprint density at radius 3 is 2.65 bits per heavy atom. The van der Waals surface area contributed by atoms with Crippen molar-refractivity contribution in [3.63, 3.8) is 0 Å². The van der Waals surface area contributed by atoms with E-state index in [0.29, 0.717) is 30.0 Å². The quantitative estimate of drug-likeness (QED) is 0.768. The lowest BCUT2D eigenvalue weighted by Gasteiger charge is -2.29. The first-order chi connectivity index (χ1) is 12.6. The van der Waals surface area contributed by atoms with Crippen LogP contribution in [0, 0.1) is 0 Å². The highest BCUT2D eigenvalue weighted by Gasteiger charge is 2.22. The number of benzene rings is 1. The molecule has 0 saturated carbocycles. The lowest BCUT2D eigenvalue weighted by atomic mass is 10.1. The fourth-order valence-electron chi connectivity index (χ4n) is 3.12. The predicted molar refractivity (Wildman–Crippen MR) is 102 cm³/mol. The molecule has 7 heteroatoms.